The van der Waals surface area contributed by atoms with Crippen molar-refractivity contribution in [1.82, 2.24) is 4.90 Å². The lowest BCUT2D eigenvalue weighted by molar-refractivity contribution is -0.143. The summed E-state index contributed by atoms with van der Waals surface area (Å²) < 4.78 is 16.4. The highest BCUT2D eigenvalue weighted by molar-refractivity contribution is 5.99. The molecule has 1 atom stereocenters. The number of esters is 2. The van der Waals surface area contributed by atoms with E-state index in [1.54, 1.807) is 19.9 Å². The van der Waals surface area contributed by atoms with Gasteiger partial charge in [0.05, 0.1) is 19.6 Å². The molecule has 0 aliphatic carbocycles. The third-order valence-electron chi connectivity index (χ3n) is 5.28. The minimum absolute atomic E-state index is 0.0544. The molecule has 8 heteroatoms. The van der Waals surface area contributed by atoms with Crippen LogP contribution in [0.25, 0.3) is 11.1 Å². The molecule has 178 valence electrons. The van der Waals surface area contributed by atoms with Crippen LogP contribution in [0, 0.1) is 0 Å². The Morgan fingerprint density at radius 2 is 1.53 bits per heavy atom. The summed E-state index contributed by atoms with van der Waals surface area (Å²) in [6, 6.07) is 14.9. The summed E-state index contributed by atoms with van der Waals surface area (Å²) in [5.74, 6) is -3.38. The monoisotopic (exact) mass is 465 g/mol. The Kier molecular flexibility index (Phi) is 7.83. The standard InChI is InChI=1S/C26H27NO7/c1-5-32-23(30)15-21-20-14-19(18-10-8-7-9-11-18)12-13-22(20)34-25(24(21)26(31)33-6-2)27(16(3)28)17(4)29/h7-14,21H,5-6,15H2,1-4H3. The molecule has 0 saturated carbocycles. The smallest absolute Gasteiger partial charge is 0.340 e. The van der Waals surface area contributed by atoms with E-state index >= 15 is 0 Å². The molecule has 0 radical (unpaired) electrons. The molecule has 3 rings (SSSR count). The van der Waals surface area contributed by atoms with Crippen molar-refractivity contribution in [2.45, 2.75) is 40.0 Å². The Hall–Kier alpha value is -3.94. The molecule has 0 bridgehead atoms. The number of rotatable bonds is 7. The Bertz CT molecular complexity index is 1120. The van der Waals surface area contributed by atoms with E-state index in [4.69, 9.17) is 14.2 Å². The minimum Gasteiger partial charge on any atom is -0.466 e. The van der Waals surface area contributed by atoms with Crippen LogP contribution in [0.4, 0.5) is 0 Å². The van der Waals surface area contributed by atoms with Crippen molar-refractivity contribution in [3.05, 3.63) is 65.6 Å². The highest BCUT2D eigenvalue weighted by Crippen LogP contribution is 2.44. The lowest BCUT2D eigenvalue weighted by Crippen LogP contribution is -2.39. The lowest BCUT2D eigenvalue weighted by atomic mass is 9.84. The van der Waals surface area contributed by atoms with Crippen molar-refractivity contribution in [1.29, 1.82) is 0 Å². The predicted octanol–water partition coefficient (Wildman–Crippen LogP) is 3.95. The van der Waals surface area contributed by atoms with Gasteiger partial charge in [-0.25, -0.2) is 9.69 Å². The number of ether oxygens (including phenoxy) is 3. The molecule has 1 heterocycles. The van der Waals surface area contributed by atoms with Gasteiger partial charge in [-0.3, -0.25) is 14.4 Å². The van der Waals surface area contributed by atoms with Crippen LogP contribution in [0.3, 0.4) is 0 Å². The second kappa shape index (κ2) is 10.8. The van der Waals surface area contributed by atoms with Crippen LogP contribution < -0.4 is 4.74 Å². The van der Waals surface area contributed by atoms with E-state index in [-0.39, 0.29) is 31.1 Å². The van der Waals surface area contributed by atoms with Crippen molar-refractivity contribution in [2.24, 2.45) is 0 Å². The molecule has 0 fully saturated rings. The van der Waals surface area contributed by atoms with Crippen molar-refractivity contribution < 1.29 is 33.4 Å². The van der Waals surface area contributed by atoms with E-state index in [0.717, 1.165) is 16.0 Å². The summed E-state index contributed by atoms with van der Waals surface area (Å²) in [5, 5.41) is 0. The second-order valence-electron chi connectivity index (χ2n) is 7.60. The van der Waals surface area contributed by atoms with Crippen LogP contribution in [-0.2, 0) is 28.7 Å². The van der Waals surface area contributed by atoms with Gasteiger partial charge < -0.3 is 14.2 Å². The zero-order chi connectivity index (χ0) is 24.8. The number of fused-ring (bicyclic) bond motifs is 1. The lowest BCUT2D eigenvalue weighted by Gasteiger charge is -2.32. The average Bonchev–Trinajstić information content (AvgIpc) is 2.79. The molecule has 1 aliphatic heterocycles. The number of nitrogens with zero attached hydrogens (tertiary/aromatic N) is 1. The molecule has 1 aliphatic rings. The minimum atomic E-state index is -0.860. The van der Waals surface area contributed by atoms with E-state index < -0.39 is 29.7 Å². The van der Waals surface area contributed by atoms with Gasteiger partial charge in [0.25, 0.3) is 0 Å². The average molecular weight is 466 g/mol. The fourth-order valence-electron chi connectivity index (χ4n) is 3.90. The van der Waals surface area contributed by atoms with E-state index in [2.05, 4.69) is 0 Å². The third-order valence-corrected chi connectivity index (χ3v) is 5.28. The van der Waals surface area contributed by atoms with Crippen molar-refractivity contribution in [3.8, 4) is 16.9 Å². The number of hydrogen-bond donors (Lipinski definition) is 0. The first-order chi connectivity index (χ1) is 16.3. The molecule has 0 aromatic heterocycles. The number of imide groups is 1. The molecule has 0 N–H and O–H groups in total. The summed E-state index contributed by atoms with van der Waals surface area (Å²) >= 11 is 0. The third kappa shape index (κ3) is 5.17. The van der Waals surface area contributed by atoms with Gasteiger partial charge in [0.2, 0.25) is 17.7 Å². The molecule has 2 amide bonds. The van der Waals surface area contributed by atoms with Crippen LogP contribution in [0.15, 0.2) is 60.0 Å². The fourth-order valence-corrected chi connectivity index (χ4v) is 3.90. The van der Waals surface area contributed by atoms with Gasteiger partial charge in [-0.15, -0.1) is 0 Å². The maximum atomic E-state index is 13.1. The van der Waals surface area contributed by atoms with Gasteiger partial charge in [0, 0.05) is 25.3 Å². The molecule has 0 spiro atoms. The van der Waals surface area contributed by atoms with Crippen LogP contribution in [0.5, 0.6) is 5.75 Å². The highest BCUT2D eigenvalue weighted by Gasteiger charge is 2.41. The quantitative estimate of drug-likeness (QED) is 0.571. The number of hydrogen-bond acceptors (Lipinski definition) is 7. The predicted molar refractivity (Wildman–Crippen MR) is 123 cm³/mol. The van der Waals surface area contributed by atoms with Crippen molar-refractivity contribution in [2.75, 3.05) is 13.2 Å². The Morgan fingerprint density at radius 3 is 2.12 bits per heavy atom. The van der Waals surface area contributed by atoms with Gasteiger partial charge in [-0.1, -0.05) is 36.4 Å². The first kappa shape index (κ1) is 24.7. The van der Waals surface area contributed by atoms with Gasteiger partial charge >= 0.3 is 11.9 Å². The maximum absolute atomic E-state index is 13.1. The molecule has 34 heavy (non-hydrogen) atoms. The van der Waals surface area contributed by atoms with E-state index in [1.165, 1.54) is 13.8 Å². The molecule has 0 saturated heterocycles. The molecule has 2 aromatic carbocycles. The number of carbonyl (C=O) groups is 4. The zero-order valence-corrected chi connectivity index (χ0v) is 19.6. The molecule has 8 nitrogen and oxygen atoms in total. The molecule has 2 aromatic rings. The number of amides is 2. The fraction of sp³-hybridized carbons (Fsp3) is 0.308. The van der Waals surface area contributed by atoms with Crippen molar-refractivity contribution >= 4 is 23.8 Å². The topological polar surface area (TPSA) is 99.2 Å². The van der Waals surface area contributed by atoms with E-state index in [1.807, 2.05) is 42.5 Å². The largest absolute Gasteiger partial charge is 0.466 e. The van der Waals surface area contributed by atoms with Crippen LogP contribution >= 0.6 is 0 Å². The normalized spacial score (nSPS) is 14.5. The molecular formula is C26H27NO7. The SMILES string of the molecule is CCOC(=O)CC1C(C(=O)OCC)=C(N(C(C)=O)C(C)=O)Oc2ccc(-c3ccccc3)cc21. The van der Waals surface area contributed by atoms with Crippen molar-refractivity contribution in [3.63, 3.8) is 0 Å². The summed E-state index contributed by atoms with van der Waals surface area (Å²) in [5.41, 5.74) is 2.24. The van der Waals surface area contributed by atoms with Crippen LogP contribution in [0.1, 0.15) is 45.6 Å². The van der Waals surface area contributed by atoms with Gasteiger partial charge in [0.1, 0.15) is 11.3 Å². The summed E-state index contributed by atoms with van der Waals surface area (Å²) in [7, 11) is 0. The molecule has 1 unspecified atom stereocenters. The van der Waals surface area contributed by atoms with Gasteiger partial charge in [-0.05, 0) is 37.1 Å². The zero-order valence-electron chi connectivity index (χ0n) is 19.6. The van der Waals surface area contributed by atoms with E-state index in [0.29, 0.717) is 11.3 Å². The van der Waals surface area contributed by atoms with Gasteiger partial charge in [0.15, 0.2) is 0 Å². The van der Waals surface area contributed by atoms with Gasteiger partial charge in [-0.2, -0.15) is 0 Å². The molecular weight excluding hydrogens is 438 g/mol. The second-order valence-corrected chi connectivity index (χ2v) is 7.60. The number of carbonyl (C=O) groups excluding carboxylic acids is 4. The summed E-state index contributed by atoms with van der Waals surface area (Å²) in [6.07, 6.45) is -0.205. The Labute approximate surface area is 198 Å². The first-order valence-corrected chi connectivity index (χ1v) is 11.0. The van der Waals surface area contributed by atoms with Crippen LogP contribution in [0.2, 0.25) is 0 Å². The van der Waals surface area contributed by atoms with Crippen LogP contribution in [-0.4, -0.2) is 41.9 Å². The summed E-state index contributed by atoms with van der Waals surface area (Å²) in [6.45, 7) is 5.92. The maximum Gasteiger partial charge on any atom is 0.340 e. The highest BCUT2D eigenvalue weighted by atomic mass is 16.5. The Balaban J connectivity index is 2.25. The Morgan fingerprint density at radius 1 is 0.882 bits per heavy atom. The van der Waals surface area contributed by atoms with E-state index in [9.17, 15) is 19.2 Å². The number of benzene rings is 2. The summed E-state index contributed by atoms with van der Waals surface area (Å²) in [4.78, 5) is 51.1. The first-order valence-electron chi connectivity index (χ1n) is 11.0.